The van der Waals surface area contributed by atoms with Gasteiger partial charge in [-0.3, -0.25) is 4.21 Å². The Balaban J connectivity index is 2.06. The fraction of sp³-hybridized carbons (Fsp3) is 0.0667. The van der Waals surface area contributed by atoms with Crippen molar-refractivity contribution >= 4 is 28.1 Å². The third kappa shape index (κ3) is 1.86. The first kappa shape index (κ1) is 13.4. The number of nitrogens with zero attached hydrogens (tertiary/aromatic N) is 2. The van der Waals surface area contributed by atoms with Crippen LogP contribution in [-0.4, -0.2) is 25.1 Å². The third-order valence-corrected chi connectivity index (χ3v) is 6.29. The van der Waals surface area contributed by atoms with Crippen molar-refractivity contribution in [2.75, 3.05) is 0 Å². The molecule has 110 valence electrons. The van der Waals surface area contributed by atoms with E-state index in [0.717, 1.165) is 21.2 Å². The van der Waals surface area contributed by atoms with E-state index < -0.39 is 16.8 Å². The first-order valence-electron chi connectivity index (χ1n) is 6.53. The number of carboxylic acid groups (broad SMARTS) is 1. The van der Waals surface area contributed by atoms with Crippen LogP contribution in [-0.2, 0) is 16.6 Å². The highest BCUT2D eigenvalue weighted by molar-refractivity contribution is 7.86. The highest BCUT2D eigenvalue weighted by Crippen LogP contribution is 2.41. The normalized spacial score (nSPS) is 16.1. The van der Waals surface area contributed by atoms with Crippen molar-refractivity contribution in [3.63, 3.8) is 0 Å². The number of benzene rings is 1. The van der Waals surface area contributed by atoms with Crippen molar-refractivity contribution in [2.24, 2.45) is 0 Å². The fourth-order valence-electron chi connectivity index (χ4n) is 2.64. The molecule has 3 aromatic rings. The third-order valence-electron chi connectivity index (χ3n) is 3.55. The van der Waals surface area contributed by atoms with E-state index in [9.17, 15) is 14.1 Å². The highest BCUT2D eigenvalue weighted by atomic mass is 32.2. The predicted molar refractivity (Wildman–Crippen MR) is 83.9 cm³/mol. The fourth-order valence-corrected chi connectivity index (χ4v) is 5.10. The molecule has 5 nitrogen and oxygen atoms in total. The Labute approximate surface area is 132 Å². The van der Waals surface area contributed by atoms with E-state index in [0.29, 0.717) is 5.56 Å². The lowest BCUT2D eigenvalue weighted by molar-refractivity contribution is 0.0689. The largest absolute Gasteiger partial charge is 0.476 e. The Morgan fingerprint density at radius 2 is 2.05 bits per heavy atom. The number of carboxylic acids is 1. The van der Waals surface area contributed by atoms with Crippen molar-refractivity contribution < 1.29 is 14.1 Å². The average Bonchev–Trinajstić information content (AvgIpc) is 3.12. The summed E-state index contributed by atoms with van der Waals surface area (Å²) in [5.74, 6) is -0.904. The maximum absolute atomic E-state index is 12.3. The molecule has 0 aliphatic carbocycles. The van der Waals surface area contributed by atoms with Gasteiger partial charge in [0.05, 0.1) is 27.9 Å². The van der Waals surface area contributed by atoms with E-state index >= 15 is 0 Å². The Hall–Kier alpha value is -2.25. The zero-order valence-electron chi connectivity index (χ0n) is 11.2. The van der Waals surface area contributed by atoms with Crippen molar-refractivity contribution in [2.45, 2.75) is 9.96 Å². The van der Waals surface area contributed by atoms with Crippen molar-refractivity contribution in [1.29, 1.82) is 0 Å². The zero-order chi connectivity index (χ0) is 15.3. The molecule has 0 saturated carbocycles. The SMILES string of the molecule is O=C(O)c1nn(-c2ccccc2)c2c1CS(=O)c1sccc1-2. The van der Waals surface area contributed by atoms with Crippen LogP contribution in [0.1, 0.15) is 16.1 Å². The van der Waals surface area contributed by atoms with Gasteiger partial charge in [0.15, 0.2) is 5.69 Å². The molecule has 0 saturated heterocycles. The van der Waals surface area contributed by atoms with Gasteiger partial charge in [-0.25, -0.2) is 9.48 Å². The maximum Gasteiger partial charge on any atom is 0.356 e. The van der Waals surface area contributed by atoms with Gasteiger partial charge in [0.2, 0.25) is 0 Å². The Bertz CT molecular complexity index is 912. The van der Waals surface area contributed by atoms with Gasteiger partial charge in [-0.15, -0.1) is 11.3 Å². The van der Waals surface area contributed by atoms with Crippen molar-refractivity contribution in [3.8, 4) is 16.9 Å². The summed E-state index contributed by atoms with van der Waals surface area (Å²) in [6.45, 7) is 0. The summed E-state index contributed by atoms with van der Waals surface area (Å²) in [4.78, 5) is 11.5. The Morgan fingerprint density at radius 1 is 1.27 bits per heavy atom. The van der Waals surface area contributed by atoms with E-state index in [1.165, 1.54) is 11.3 Å². The molecule has 1 unspecified atom stereocenters. The minimum atomic E-state index is -1.21. The number of carbonyl (C=O) groups is 1. The van der Waals surface area contributed by atoms with Crippen LogP contribution < -0.4 is 0 Å². The maximum atomic E-state index is 12.3. The van der Waals surface area contributed by atoms with E-state index in [2.05, 4.69) is 5.10 Å². The number of aromatic carboxylic acids is 1. The van der Waals surface area contributed by atoms with Gasteiger partial charge in [0.25, 0.3) is 0 Å². The summed E-state index contributed by atoms with van der Waals surface area (Å²) in [6.07, 6.45) is 0. The summed E-state index contributed by atoms with van der Waals surface area (Å²) >= 11 is 1.43. The molecule has 22 heavy (non-hydrogen) atoms. The molecule has 1 aliphatic heterocycles. The number of thiophene rings is 1. The molecular formula is C15H10N2O3S2. The van der Waals surface area contributed by atoms with E-state index in [1.807, 2.05) is 41.8 Å². The summed E-state index contributed by atoms with van der Waals surface area (Å²) in [6, 6.07) is 11.3. The second-order valence-electron chi connectivity index (χ2n) is 4.84. The van der Waals surface area contributed by atoms with Gasteiger partial charge in [-0.05, 0) is 23.6 Å². The van der Waals surface area contributed by atoms with Crippen LogP contribution in [0.15, 0.2) is 46.0 Å². The van der Waals surface area contributed by atoms with Crippen molar-refractivity contribution in [3.05, 3.63) is 53.0 Å². The number of para-hydroxylation sites is 1. The predicted octanol–water partition coefficient (Wildman–Crippen LogP) is 2.92. The molecule has 0 radical (unpaired) electrons. The summed E-state index contributed by atoms with van der Waals surface area (Å²) in [5.41, 5.74) is 2.86. The molecule has 0 bridgehead atoms. The quantitative estimate of drug-likeness (QED) is 0.784. The Kier molecular flexibility index (Phi) is 2.98. The monoisotopic (exact) mass is 330 g/mol. The van der Waals surface area contributed by atoms with E-state index in [-0.39, 0.29) is 11.4 Å². The standard InChI is InChI=1S/C15H10N2O3S2/c18-14(19)12-11-8-22(20)15-10(6-7-21-15)13(11)17(16-12)9-4-2-1-3-5-9/h1-7H,8H2,(H,18,19). The van der Waals surface area contributed by atoms with Gasteiger partial charge >= 0.3 is 5.97 Å². The first-order valence-corrected chi connectivity index (χ1v) is 8.73. The smallest absolute Gasteiger partial charge is 0.356 e. The second kappa shape index (κ2) is 4.89. The first-order chi connectivity index (χ1) is 10.7. The number of hydrogen-bond acceptors (Lipinski definition) is 4. The topological polar surface area (TPSA) is 72.2 Å². The molecule has 1 aromatic carbocycles. The van der Waals surface area contributed by atoms with Crippen LogP contribution in [0.3, 0.4) is 0 Å². The number of aromatic nitrogens is 2. The van der Waals surface area contributed by atoms with Crippen LogP contribution >= 0.6 is 11.3 Å². The molecule has 4 rings (SSSR count). The lowest BCUT2D eigenvalue weighted by Crippen LogP contribution is -2.08. The number of rotatable bonds is 2. The van der Waals surface area contributed by atoms with E-state index in [4.69, 9.17) is 0 Å². The molecule has 7 heteroatoms. The second-order valence-corrected chi connectivity index (χ2v) is 7.40. The summed E-state index contributed by atoms with van der Waals surface area (Å²) in [7, 11) is -1.21. The number of fused-ring (bicyclic) bond motifs is 3. The molecule has 0 amide bonds. The highest BCUT2D eigenvalue weighted by Gasteiger charge is 2.32. The molecule has 0 spiro atoms. The zero-order valence-corrected chi connectivity index (χ0v) is 12.9. The molecule has 1 N–H and O–H groups in total. The lowest BCUT2D eigenvalue weighted by atomic mass is 10.1. The molecule has 2 aromatic heterocycles. The summed E-state index contributed by atoms with van der Waals surface area (Å²) < 4.78 is 14.7. The molecular weight excluding hydrogens is 320 g/mol. The van der Waals surface area contributed by atoms with E-state index in [1.54, 1.807) is 4.68 Å². The van der Waals surface area contributed by atoms with Gasteiger partial charge < -0.3 is 5.11 Å². The lowest BCUT2D eigenvalue weighted by Gasteiger charge is -2.14. The van der Waals surface area contributed by atoms with Gasteiger partial charge in [0.1, 0.15) is 4.21 Å². The van der Waals surface area contributed by atoms with Gasteiger partial charge in [-0.2, -0.15) is 5.10 Å². The van der Waals surface area contributed by atoms with Crippen LogP contribution in [0.5, 0.6) is 0 Å². The van der Waals surface area contributed by atoms with Crippen LogP contribution in [0, 0.1) is 0 Å². The van der Waals surface area contributed by atoms with Gasteiger partial charge in [-0.1, -0.05) is 18.2 Å². The number of hydrogen-bond donors (Lipinski definition) is 1. The minimum Gasteiger partial charge on any atom is -0.476 e. The molecule has 1 aliphatic rings. The van der Waals surface area contributed by atoms with Crippen LogP contribution in [0.4, 0.5) is 0 Å². The van der Waals surface area contributed by atoms with Crippen LogP contribution in [0.25, 0.3) is 16.9 Å². The Morgan fingerprint density at radius 3 is 2.77 bits per heavy atom. The van der Waals surface area contributed by atoms with Crippen LogP contribution in [0.2, 0.25) is 0 Å². The molecule has 1 atom stereocenters. The summed E-state index contributed by atoms with van der Waals surface area (Å²) in [5, 5.41) is 15.6. The minimum absolute atomic E-state index is 0.0240. The van der Waals surface area contributed by atoms with Gasteiger partial charge in [0, 0.05) is 11.1 Å². The average molecular weight is 330 g/mol. The van der Waals surface area contributed by atoms with Crippen molar-refractivity contribution in [1.82, 2.24) is 9.78 Å². The molecule has 0 fully saturated rings. The molecule has 3 heterocycles.